The summed E-state index contributed by atoms with van der Waals surface area (Å²) in [4.78, 5) is 11.5. The Kier molecular flexibility index (Phi) is 4.13. The van der Waals surface area contributed by atoms with Gasteiger partial charge in [-0.1, -0.05) is 13.8 Å². The van der Waals surface area contributed by atoms with Gasteiger partial charge in [0, 0.05) is 6.04 Å². The quantitative estimate of drug-likeness (QED) is 0.794. The average molecular weight is 257 g/mol. The summed E-state index contributed by atoms with van der Waals surface area (Å²) in [6.45, 7) is 12.0. The molecule has 1 saturated heterocycles. The van der Waals surface area contributed by atoms with Gasteiger partial charge in [-0.05, 0) is 47.0 Å². The van der Waals surface area contributed by atoms with Crippen LogP contribution in [0.3, 0.4) is 0 Å². The Bertz CT molecular complexity index is 319. The van der Waals surface area contributed by atoms with Gasteiger partial charge < -0.3 is 9.84 Å². The Morgan fingerprint density at radius 3 is 2.11 bits per heavy atom. The molecule has 1 rings (SSSR count). The Morgan fingerprint density at radius 1 is 1.33 bits per heavy atom. The zero-order valence-corrected chi connectivity index (χ0v) is 12.5. The molecular formula is C14H27NO3. The van der Waals surface area contributed by atoms with Gasteiger partial charge in [0.15, 0.2) is 0 Å². The lowest BCUT2D eigenvalue weighted by Gasteiger charge is -2.36. The molecule has 1 atom stereocenters. The van der Waals surface area contributed by atoms with Gasteiger partial charge in [0.25, 0.3) is 0 Å². The van der Waals surface area contributed by atoms with Crippen LogP contribution >= 0.6 is 0 Å². The number of rotatable bonds is 5. The van der Waals surface area contributed by atoms with E-state index in [-0.39, 0.29) is 17.2 Å². The van der Waals surface area contributed by atoms with Gasteiger partial charge in [-0.3, -0.25) is 10.1 Å². The maximum Gasteiger partial charge on any atom is 0.323 e. The molecule has 18 heavy (non-hydrogen) atoms. The SMILES string of the molecule is CCC(CC)(NC1CC(C)(C)OC1(C)C)C(=O)O. The first kappa shape index (κ1) is 15.4. The van der Waals surface area contributed by atoms with E-state index in [0.29, 0.717) is 12.8 Å². The fourth-order valence-electron chi connectivity index (χ4n) is 2.94. The Labute approximate surface area is 110 Å². The monoisotopic (exact) mass is 257 g/mol. The largest absolute Gasteiger partial charge is 0.480 e. The minimum Gasteiger partial charge on any atom is -0.480 e. The first-order chi connectivity index (χ1) is 8.08. The molecule has 106 valence electrons. The van der Waals surface area contributed by atoms with Crippen molar-refractivity contribution in [2.24, 2.45) is 0 Å². The van der Waals surface area contributed by atoms with E-state index in [2.05, 4.69) is 19.2 Å². The van der Waals surface area contributed by atoms with Crippen LogP contribution in [0.15, 0.2) is 0 Å². The fraction of sp³-hybridized carbons (Fsp3) is 0.929. The van der Waals surface area contributed by atoms with Gasteiger partial charge in [-0.2, -0.15) is 0 Å². The van der Waals surface area contributed by atoms with Crippen molar-refractivity contribution in [2.45, 2.75) is 83.6 Å². The molecule has 1 aliphatic rings. The van der Waals surface area contributed by atoms with Gasteiger partial charge in [0.2, 0.25) is 0 Å². The molecule has 0 bridgehead atoms. The van der Waals surface area contributed by atoms with Crippen molar-refractivity contribution in [3.05, 3.63) is 0 Å². The molecule has 0 amide bonds. The van der Waals surface area contributed by atoms with Crippen LogP contribution < -0.4 is 5.32 Å². The summed E-state index contributed by atoms with van der Waals surface area (Å²) in [6, 6.07) is 0.0588. The second-order valence-electron chi connectivity index (χ2n) is 6.46. The highest BCUT2D eigenvalue weighted by atomic mass is 16.5. The molecule has 1 heterocycles. The lowest BCUT2D eigenvalue weighted by Crippen LogP contribution is -2.59. The summed E-state index contributed by atoms with van der Waals surface area (Å²) in [5.74, 6) is -0.770. The van der Waals surface area contributed by atoms with Crippen LogP contribution in [-0.2, 0) is 9.53 Å². The van der Waals surface area contributed by atoms with Crippen LogP contribution in [0.5, 0.6) is 0 Å². The second-order valence-corrected chi connectivity index (χ2v) is 6.46. The van der Waals surface area contributed by atoms with Gasteiger partial charge in [0.05, 0.1) is 11.2 Å². The minimum absolute atomic E-state index is 0.0588. The van der Waals surface area contributed by atoms with E-state index in [9.17, 15) is 9.90 Å². The molecule has 4 heteroatoms. The van der Waals surface area contributed by atoms with Crippen molar-refractivity contribution in [1.29, 1.82) is 0 Å². The molecule has 1 aliphatic heterocycles. The van der Waals surface area contributed by atoms with Crippen LogP contribution in [-0.4, -0.2) is 33.9 Å². The molecule has 0 aliphatic carbocycles. The van der Waals surface area contributed by atoms with Gasteiger partial charge in [0.1, 0.15) is 5.54 Å². The zero-order chi connectivity index (χ0) is 14.2. The summed E-state index contributed by atoms with van der Waals surface area (Å²) >= 11 is 0. The number of hydrogen-bond acceptors (Lipinski definition) is 3. The molecule has 1 fully saturated rings. The lowest BCUT2D eigenvalue weighted by molar-refractivity contribution is -0.146. The third kappa shape index (κ3) is 2.86. The van der Waals surface area contributed by atoms with Crippen LogP contribution in [0.1, 0.15) is 60.8 Å². The minimum atomic E-state index is -0.842. The summed E-state index contributed by atoms with van der Waals surface area (Å²) in [5, 5.41) is 12.8. The second kappa shape index (κ2) is 4.82. The smallest absolute Gasteiger partial charge is 0.323 e. The maximum atomic E-state index is 11.5. The van der Waals surface area contributed by atoms with Crippen molar-refractivity contribution < 1.29 is 14.6 Å². The van der Waals surface area contributed by atoms with Crippen molar-refractivity contribution in [1.82, 2.24) is 5.32 Å². The lowest BCUT2D eigenvalue weighted by atomic mass is 9.87. The van der Waals surface area contributed by atoms with E-state index in [4.69, 9.17) is 4.74 Å². The van der Waals surface area contributed by atoms with E-state index >= 15 is 0 Å². The third-order valence-corrected chi connectivity index (χ3v) is 4.14. The summed E-state index contributed by atoms with van der Waals surface area (Å²) in [7, 11) is 0. The van der Waals surface area contributed by atoms with Crippen LogP contribution in [0.4, 0.5) is 0 Å². The number of hydrogen-bond donors (Lipinski definition) is 2. The Morgan fingerprint density at radius 2 is 1.83 bits per heavy atom. The number of ether oxygens (including phenoxy) is 1. The molecule has 0 aromatic rings. The number of carbonyl (C=O) groups is 1. The van der Waals surface area contributed by atoms with Crippen molar-refractivity contribution >= 4 is 5.97 Å². The highest BCUT2D eigenvalue weighted by molar-refractivity contribution is 5.78. The van der Waals surface area contributed by atoms with Crippen molar-refractivity contribution in [3.8, 4) is 0 Å². The summed E-state index contributed by atoms with van der Waals surface area (Å²) < 4.78 is 6.01. The normalized spacial score (nSPS) is 26.2. The number of carboxylic acid groups (broad SMARTS) is 1. The van der Waals surface area contributed by atoms with Crippen LogP contribution in [0.2, 0.25) is 0 Å². The van der Waals surface area contributed by atoms with Gasteiger partial charge in [-0.25, -0.2) is 0 Å². The molecule has 1 unspecified atom stereocenters. The molecule has 0 saturated carbocycles. The molecule has 2 N–H and O–H groups in total. The number of carboxylic acids is 1. The topological polar surface area (TPSA) is 58.6 Å². The van der Waals surface area contributed by atoms with Gasteiger partial charge in [-0.15, -0.1) is 0 Å². The summed E-state index contributed by atoms with van der Waals surface area (Å²) in [6.07, 6.45) is 1.98. The van der Waals surface area contributed by atoms with Gasteiger partial charge >= 0.3 is 5.97 Å². The van der Waals surface area contributed by atoms with E-state index < -0.39 is 11.5 Å². The molecule has 0 radical (unpaired) electrons. The Hall–Kier alpha value is -0.610. The van der Waals surface area contributed by atoms with E-state index in [1.165, 1.54) is 0 Å². The molecule has 0 aromatic carbocycles. The number of aliphatic carboxylic acids is 1. The van der Waals surface area contributed by atoms with E-state index in [1.807, 2.05) is 27.7 Å². The van der Waals surface area contributed by atoms with Crippen molar-refractivity contribution in [3.63, 3.8) is 0 Å². The predicted octanol–water partition coefficient (Wildman–Crippen LogP) is 2.57. The molecule has 0 aromatic heterocycles. The third-order valence-electron chi connectivity index (χ3n) is 4.14. The summed E-state index contributed by atoms with van der Waals surface area (Å²) in [5.41, 5.74) is -1.38. The van der Waals surface area contributed by atoms with Crippen LogP contribution in [0, 0.1) is 0 Å². The average Bonchev–Trinajstić information content (AvgIpc) is 2.42. The first-order valence-corrected chi connectivity index (χ1v) is 6.80. The Balaban J connectivity index is 2.92. The molecule has 4 nitrogen and oxygen atoms in total. The van der Waals surface area contributed by atoms with E-state index in [1.54, 1.807) is 0 Å². The van der Waals surface area contributed by atoms with Crippen molar-refractivity contribution in [2.75, 3.05) is 0 Å². The first-order valence-electron chi connectivity index (χ1n) is 6.80. The highest BCUT2D eigenvalue weighted by Gasteiger charge is 2.49. The van der Waals surface area contributed by atoms with Crippen LogP contribution in [0.25, 0.3) is 0 Å². The maximum absolute atomic E-state index is 11.5. The fourth-order valence-corrected chi connectivity index (χ4v) is 2.94. The number of nitrogens with one attached hydrogen (secondary N) is 1. The highest BCUT2D eigenvalue weighted by Crippen LogP contribution is 2.38. The molecular weight excluding hydrogens is 230 g/mol. The standard InChI is InChI=1S/C14H27NO3/c1-7-14(8-2,11(16)17)15-10-9-12(3,4)18-13(10,5)6/h10,15H,7-9H2,1-6H3,(H,16,17). The zero-order valence-electron chi connectivity index (χ0n) is 12.5. The van der Waals surface area contributed by atoms with E-state index in [0.717, 1.165) is 6.42 Å². The molecule has 0 spiro atoms. The predicted molar refractivity (Wildman–Crippen MR) is 71.7 cm³/mol.